The maximum absolute atomic E-state index is 6.18. The van der Waals surface area contributed by atoms with E-state index in [2.05, 4.69) is 27.2 Å². The molecule has 5 nitrogen and oxygen atoms in total. The molecule has 0 saturated carbocycles. The molecule has 6 heteroatoms. The van der Waals surface area contributed by atoms with Gasteiger partial charge in [-0.05, 0) is 31.9 Å². The van der Waals surface area contributed by atoms with Crippen molar-refractivity contribution in [3.63, 3.8) is 0 Å². The first-order chi connectivity index (χ1) is 11.8. The molecule has 2 aliphatic heterocycles. The van der Waals surface area contributed by atoms with Crippen molar-refractivity contribution in [2.75, 3.05) is 13.2 Å². The molecule has 0 radical (unpaired) electrons. The molecule has 4 rings (SSSR count). The molecule has 0 aliphatic carbocycles. The predicted octanol–water partition coefficient (Wildman–Crippen LogP) is 2.80. The van der Waals surface area contributed by atoms with E-state index in [1.165, 1.54) is 6.42 Å². The lowest BCUT2D eigenvalue weighted by Gasteiger charge is -2.32. The largest absolute Gasteiger partial charge is 0.374 e. The molecule has 0 spiro atoms. The van der Waals surface area contributed by atoms with Gasteiger partial charge in [-0.25, -0.2) is 4.98 Å². The van der Waals surface area contributed by atoms with Crippen LogP contribution in [0.25, 0.3) is 0 Å². The van der Waals surface area contributed by atoms with Gasteiger partial charge in [0.05, 0.1) is 29.1 Å². The highest BCUT2D eigenvalue weighted by molar-refractivity contribution is 7.09. The van der Waals surface area contributed by atoms with Crippen LogP contribution < -0.4 is 0 Å². The van der Waals surface area contributed by atoms with Crippen LogP contribution in [0, 0.1) is 6.92 Å². The molecule has 2 aromatic rings. The Morgan fingerprint density at radius 1 is 1.38 bits per heavy atom. The number of aryl methyl sites for hydroxylation is 1. The third-order valence-electron chi connectivity index (χ3n) is 4.79. The normalized spacial score (nSPS) is 27.3. The van der Waals surface area contributed by atoms with Crippen LogP contribution >= 0.6 is 11.3 Å². The van der Waals surface area contributed by atoms with Crippen molar-refractivity contribution >= 4 is 11.3 Å². The van der Waals surface area contributed by atoms with Crippen molar-refractivity contribution in [2.45, 2.75) is 51.2 Å². The van der Waals surface area contributed by atoms with E-state index >= 15 is 0 Å². The van der Waals surface area contributed by atoms with Crippen molar-refractivity contribution in [2.24, 2.45) is 0 Å². The zero-order valence-electron chi connectivity index (χ0n) is 13.9. The Kier molecular flexibility index (Phi) is 4.89. The first-order valence-corrected chi connectivity index (χ1v) is 9.46. The Bertz CT molecular complexity index is 663. The molecule has 2 aromatic heterocycles. The van der Waals surface area contributed by atoms with Crippen LogP contribution in [0.15, 0.2) is 29.8 Å². The molecule has 4 heterocycles. The van der Waals surface area contributed by atoms with Crippen LogP contribution in [0.2, 0.25) is 0 Å². The minimum absolute atomic E-state index is 0.108. The van der Waals surface area contributed by atoms with Crippen molar-refractivity contribution in [1.82, 2.24) is 14.9 Å². The van der Waals surface area contributed by atoms with E-state index < -0.39 is 0 Å². The molecule has 128 valence electrons. The average molecular weight is 345 g/mol. The van der Waals surface area contributed by atoms with Crippen molar-refractivity contribution in [1.29, 1.82) is 0 Å². The Morgan fingerprint density at radius 2 is 2.33 bits per heavy atom. The summed E-state index contributed by atoms with van der Waals surface area (Å²) in [5.41, 5.74) is 2.13. The van der Waals surface area contributed by atoms with E-state index in [0.29, 0.717) is 12.6 Å². The number of nitrogens with zero attached hydrogens (tertiary/aromatic N) is 3. The summed E-state index contributed by atoms with van der Waals surface area (Å²) in [5.74, 6) is 0. The second kappa shape index (κ2) is 7.27. The Morgan fingerprint density at radius 3 is 3.12 bits per heavy atom. The zero-order chi connectivity index (χ0) is 16.4. The molecule has 0 aromatic carbocycles. The second-order valence-electron chi connectivity index (χ2n) is 6.50. The van der Waals surface area contributed by atoms with Crippen molar-refractivity contribution in [3.05, 3.63) is 46.2 Å². The fourth-order valence-corrected chi connectivity index (χ4v) is 4.30. The van der Waals surface area contributed by atoms with Crippen LogP contribution in [-0.2, 0) is 22.6 Å². The first kappa shape index (κ1) is 16.1. The number of pyridine rings is 1. The number of hydrogen-bond donors (Lipinski definition) is 0. The number of fused-ring (bicyclic) bond motifs is 1. The van der Waals surface area contributed by atoms with E-state index in [0.717, 1.165) is 42.5 Å². The number of hydrogen-bond acceptors (Lipinski definition) is 6. The fourth-order valence-electron chi connectivity index (χ4n) is 3.70. The molecule has 2 saturated heterocycles. The summed E-state index contributed by atoms with van der Waals surface area (Å²) in [6, 6.07) is 6.37. The molecule has 0 N–H and O–H groups in total. The van der Waals surface area contributed by atoms with Gasteiger partial charge in [0.25, 0.3) is 0 Å². The number of ether oxygens (including phenoxy) is 2. The monoisotopic (exact) mass is 345 g/mol. The number of rotatable bonds is 5. The second-order valence-corrected chi connectivity index (χ2v) is 7.57. The molecular weight excluding hydrogens is 322 g/mol. The van der Waals surface area contributed by atoms with Crippen LogP contribution in [0.4, 0.5) is 0 Å². The molecular formula is C18H23N3O2S. The van der Waals surface area contributed by atoms with Crippen LogP contribution in [0.1, 0.15) is 29.2 Å². The zero-order valence-corrected chi connectivity index (χ0v) is 14.7. The lowest BCUT2D eigenvalue weighted by molar-refractivity contribution is -0.0824. The highest BCUT2D eigenvalue weighted by Gasteiger charge is 2.44. The van der Waals surface area contributed by atoms with Crippen LogP contribution in [-0.4, -0.2) is 46.3 Å². The summed E-state index contributed by atoms with van der Waals surface area (Å²) in [6.07, 6.45) is 4.39. The summed E-state index contributed by atoms with van der Waals surface area (Å²) >= 11 is 1.72. The maximum atomic E-state index is 6.18. The summed E-state index contributed by atoms with van der Waals surface area (Å²) in [4.78, 5) is 11.4. The van der Waals surface area contributed by atoms with E-state index in [1.807, 2.05) is 24.4 Å². The van der Waals surface area contributed by atoms with Gasteiger partial charge in [-0.15, -0.1) is 11.3 Å². The standard InChI is InChI=1S/C18H23N3O2S/c1-13-20-15(12-24-13)9-21-10-17(18-16(21)6-4-8-22-18)23-11-14-5-2-3-7-19-14/h2-3,5,7,12,16-18H,4,6,8-11H2,1H3/t16-,17-,18+/m1/s1. The fraction of sp³-hybridized carbons (Fsp3) is 0.556. The molecule has 2 aliphatic rings. The Hall–Kier alpha value is -1.34. The molecule has 2 fully saturated rings. The molecule has 0 bridgehead atoms. The molecule has 0 unspecified atom stereocenters. The SMILES string of the molecule is Cc1nc(CN2C[C@@H](OCc3ccccn3)[C@H]3OCCC[C@H]32)cs1. The molecule has 3 atom stereocenters. The summed E-state index contributed by atoms with van der Waals surface area (Å²) in [6.45, 7) is 5.23. The number of aromatic nitrogens is 2. The van der Waals surface area contributed by atoms with Gasteiger partial charge >= 0.3 is 0 Å². The topological polar surface area (TPSA) is 47.5 Å². The summed E-state index contributed by atoms with van der Waals surface area (Å²) in [7, 11) is 0. The van der Waals surface area contributed by atoms with Gasteiger partial charge in [0.1, 0.15) is 6.10 Å². The third kappa shape index (κ3) is 3.52. The van der Waals surface area contributed by atoms with E-state index in [9.17, 15) is 0 Å². The van der Waals surface area contributed by atoms with Gasteiger partial charge in [0, 0.05) is 37.3 Å². The highest BCUT2D eigenvalue weighted by Crippen LogP contribution is 2.32. The lowest BCUT2D eigenvalue weighted by Crippen LogP contribution is -2.41. The highest BCUT2D eigenvalue weighted by atomic mass is 32.1. The van der Waals surface area contributed by atoms with Gasteiger partial charge < -0.3 is 9.47 Å². The van der Waals surface area contributed by atoms with Gasteiger partial charge in [0.2, 0.25) is 0 Å². The van der Waals surface area contributed by atoms with Crippen LogP contribution in [0.5, 0.6) is 0 Å². The quantitative estimate of drug-likeness (QED) is 0.834. The van der Waals surface area contributed by atoms with E-state index in [-0.39, 0.29) is 12.2 Å². The number of likely N-dealkylation sites (tertiary alicyclic amines) is 1. The average Bonchev–Trinajstić information content (AvgIpc) is 3.18. The van der Waals surface area contributed by atoms with Gasteiger partial charge in [0.15, 0.2) is 0 Å². The van der Waals surface area contributed by atoms with Gasteiger partial charge in [-0.3, -0.25) is 9.88 Å². The van der Waals surface area contributed by atoms with Gasteiger partial charge in [-0.1, -0.05) is 6.07 Å². The third-order valence-corrected chi connectivity index (χ3v) is 5.61. The summed E-state index contributed by atoms with van der Waals surface area (Å²) in [5, 5.41) is 3.29. The molecule has 24 heavy (non-hydrogen) atoms. The van der Waals surface area contributed by atoms with Crippen LogP contribution in [0.3, 0.4) is 0 Å². The lowest BCUT2D eigenvalue weighted by atomic mass is 10.0. The summed E-state index contributed by atoms with van der Waals surface area (Å²) < 4.78 is 12.3. The van der Waals surface area contributed by atoms with E-state index in [1.54, 1.807) is 11.3 Å². The maximum Gasteiger partial charge on any atom is 0.100 e. The Labute approximate surface area is 146 Å². The van der Waals surface area contributed by atoms with Gasteiger partial charge in [-0.2, -0.15) is 0 Å². The number of thiazole rings is 1. The minimum Gasteiger partial charge on any atom is -0.374 e. The van der Waals surface area contributed by atoms with E-state index in [4.69, 9.17) is 9.47 Å². The first-order valence-electron chi connectivity index (χ1n) is 8.58. The van der Waals surface area contributed by atoms with Crippen molar-refractivity contribution < 1.29 is 9.47 Å². The molecule has 0 amide bonds. The Balaban J connectivity index is 1.42. The minimum atomic E-state index is 0.108. The van der Waals surface area contributed by atoms with Crippen molar-refractivity contribution in [3.8, 4) is 0 Å². The predicted molar refractivity (Wildman–Crippen MR) is 92.8 cm³/mol. The smallest absolute Gasteiger partial charge is 0.100 e.